The summed E-state index contributed by atoms with van der Waals surface area (Å²) in [6.07, 6.45) is 11.9. The molecular weight excluding hydrogens is 815 g/mol. The highest BCUT2D eigenvalue weighted by molar-refractivity contribution is 6.06. The summed E-state index contributed by atoms with van der Waals surface area (Å²) in [5, 5.41) is 29.4. The lowest BCUT2D eigenvalue weighted by atomic mass is 9.93. The molecule has 0 radical (unpaired) electrons. The number of unbranched alkanes of at least 4 members (excludes halogenated alkanes) is 2. The van der Waals surface area contributed by atoms with Gasteiger partial charge in [-0.1, -0.05) is 78.6 Å². The molecule has 0 bridgehead atoms. The van der Waals surface area contributed by atoms with Crippen molar-refractivity contribution in [1.29, 1.82) is 0 Å². The number of benzene rings is 1. The van der Waals surface area contributed by atoms with Crippen LogP contribution in [0.5, 0.6) is 0 Å². The number of urea groups is 1. The number of aliphatic hydroxyl groups excluding tert-OH is 1. The van der Waals surface area contributed by atoms with Crippen LogP contribution in [0.15, 0.2) is 53.0 Å². The first-order valence-corrected chi connectivity index (χ1v) is 23.0. The number of aliphatic hydroxyl groups is 1. The van der Waals surface area contributed by atoms with E-state index >= 15 is 0 Å². The maximum absolute atomic E-state index is 12.8. The van der Waals surface area contributed by atoms with Crippen molar-refractivity contribution >= 4 is 47.3 Å². The number of aromatic nitrogens is 1. The number of carbonyl (C=O) groups is 5. The van der Waals surface area contributed by atoms with Crippen LogP contribution in [-0.4, -0.2) is 99.5 Å². The predicted octanol–water partition coefficient (Wildman–Crippen LogP) is 7.55. The highest BCUT2D eigenvalue weighted by atomic mass is 16.6. The van der Waals surface area contributed by atoms with E-state index in [-0.39, 0.29) is 48.4 Å². The van der Waals surface area contributed by atoms with Gasteiger partial charge < -0.3 is 36.1 Å². The number of fused-ring (bicyclic) bond motifs is 1. The average molecular weight is 894 g/mol. The molecule has 2 aromatic rings. The summed E-state index contributed by atoms with van der Waals surface area (Å²) >= 11 is 0. The van der Waals surface area contributed by atoms with Crippen molar-refractivity contribution in [1.82, 2.24) is 30.8 Å². The van der Waals surface area contributed by atoms with E-state index in [1.54, 1.807) is 37.4 Å². The Morgan fingerprint density at radius 2 is 1.61 bits per heavy atom. The Labute approximate surface area is 382 Å². The van der Waals surface area contributed by atoms with Crippen molar-refractivity contribution in [3.63, 3.8) is 0 Å². The molecule has 16 nitrogen and oxygen atoms in total. The van der Waals surface area contributed by atoms with Gasteiger partial charge in [0.2, 0.25) is 23.6 Å². The van der Waals surface area contributed by atoms with Crippen molar-refractivity contribution in [3.8, 4) is 0 Å². The molecule has 1 aromatic heterocycles. The van der Waals surface area contributed by atoms with Crippen molar-refractivity contribution in [2.24, 2.45) is 22.1 Å². The highest BCUT2D eigenvalue weighted by Gasteiger charge is 2.28. The molecule has 2 unspecified atom stereocenters. The fourth-order valence-electron chi connectivity index (χ4n) is 6.04. The molecule has 0 saturated carbocycles. The SMILES string of the molecule is C/C=N\OC(C)(C)CCO.CC(C)CCC(=O)NCC(=O)NC(C)C(=O)NCCCCCN1N=C(c2ccc(NC(=O)N3Cc4ccncc4C3)cc2)C(C)CC1=O.CCC.CCC. The van der Waals surface area contributed by atoms with Crippen LogP contribution in [0, 0.1) is 11.8 Å². The number of amides is 6. The second kappa shape index (κ2) is 31.5. The molecule has 0 fully saturated rings. The van der Waals surface area contributed by atoms with Crippen LogP contribution in [0.2, 0.25) is 0 Å². The lowest BCUT2D eigenvalue weighted by molar-refractivity contribution is -0.132. The molecule has 0 aliphatic carbocycles. The fourth-order valence-corrected chi connectivity index (χ4v) is 6.04. The number of hydrogen-bond donors (Lipinski definition) is 5. The van der Waals surface area contributed by atoms with Gasteiger partial charge in [-0.2, -0.15) is 5.10 Å². The maximum Gasteiger partial charge on any atom is 0.322 e. The maximum atomic E-state index is 12.8. The number of hydrazone groups is 1. The summed E-state index contributed by atoms with van der Waals surface area (Å²) in [5.74, 6) is -0.550. The lowest BCUT2D eigenvalue weighted by Gasteiger charge is -2.28. The normalized spacial score (nSPS) is 14.7. The molecule has 6 amide bonds. The zero-order valence-corrected chi connectivity index (χ0v) is 40.6. The van der Waals surface area contributed by atoms with Gasteiger partial charge in [0.05, 0.1) is 12.3 Å². The van der Waals surface area contributed by atoms with Crippen LogP contribution in [-0.2, 0) is 37.1 Å². The summed E-state index contributed by atoms with van der Waals surface area (Å²) in [6, 6.07) is 8.57. The molecule has 2 atom stereocenters. The molecule has 2 aliphatic heterocycles. The van der Waals surface area contributed by atoms with Gasteiger partial charge in [0, 0.05) is 82.3 Å². The number of nitrogens with zero attached hydrogens (tertiary/aromatic N) is 5. The van der Waals surface area contributed by atoms with Gasteiger partial charge in [0.1, 0.15) is 11.6 Å². The molecule has 1 aromatic carbocycles. The largest absolute Gasteiger partial charge is 0.396 e. The Hall–Kier alpha value is -5.38. The van der Waals surface area contributed by atoms with Crippen LogP contribution in [0.4, 0.5) is 10.5 Å². The zero-order chi connectivity index (χ0) is 48.1. The van der Waals surface area contributed by atoms with Crippen LogP contribution in [0.3, 0.4) is 0 Å². The van der Waals surface area contributed by atoms with Gasteiger partial charge in [-0.05, 0) is 94.2 Å². The van der Waals surface area contributed by atoms with Crippen LogP contribution in [0.1, 0.15) is 151 Å². The quantitative estimate of drug-likeness (QED) is 0.0540. The molecular formula is C48H79N9O7. The lowest BCUT2D eigenvalue weighted by Crippen LogP contribution is -2.48. The molecule has 5 N–H and O–H groups in total. The molecule has 64 heavy (non-hydrogen) atoms. The van der Waals surface area contributed by atoms with Crippen LogP contribution >= 0.6 is 0 Å². The average Bonchev–Trinajstić information content (AvgIpc) is 3.69. The predicted molar refractivity (Wildman–Crippen MR) is 255 cm³/mol. The summed E-state index contributed by atoms with van der Waals surface area (Å²) in [6.45, 7) is 23.7. The number of carbonyl (C=O) groups excluding carboxylic acids is 5. The molecule has 0 spiro atoms. The Balaban J connectivity index is 0.00000109. The minimum atomic E-state index is -0.725. The minimum Gasteiger partial charge on any atom is -0.396 e. The van der Waals surface area contributed by atoms with E-state index in [4.69, 9.17) is 15.0 Å². The topological polar surface area (TPSA) is 207 Å². The third-order valence-corrected chi connectivity index (χ3v) is 9.54. The van der Waals surface area contributed by atoms with Crippen molar-refractivity contribution in [2.45, 2.75) is 159 Å². The van der Waals surface area contributed by atoms with E-state index in [1.807, 2.05) is 65.0 Å². The van der Waals surface area contributed by atoms with Gasteiger partial charge in [-0.15, -0.1) is 0 Å². The van der Waals surface area contributed by atoms with Gasteiger partial charge >= 0.3 is 6.03 Å². The number of anilines is 1. The van der Waals surface area contributed by atoms with Crippen LogP contribution in [0.25, 0.3) is 0 Å². The Morgan fingerprint density at radius 3 is 2.22 bits per heavy atom. The zero-order valence-electron chi connectivity index (χ0n) is 40.6. The second-order valence-electron chi connectivity index (χ2n) is 17.1. The van der Waals surface area contributed by atoms with E-state index < -0.39 is 11.9 Å². The van der Waals surface area contributed by atoms with E-state index in [0.29, 0.717) is 63.5 Å². The van der Waals surface area contributed by atoms with E-state index in [2.05, 4.69) is 59.1 Å². The number of oxime groups is 1. The van der Waals surface area contributed by atoms with E-state index in [9.17, 15) is 24.0 Å². The van der Waals surface area contributed by atoms with E-state index in [0.717, 1.165) is 41.7 Å². The molecule has 4 rings (SSSR count). The van der Waals surface area contributed by atoms with E-state index in [1.165, 1.54) is 17.9 Å². The molecule has 358 valence electrons. The third-order valence-electron chi connectivity index (χ3n) is 9.54. The monoisotopic (exact) mass is 894 g/mol. The van der Waals surface area contributed by atoms with Gasteiger partial charge in [0.15, 0.2) is 0 Å². The first-order valence-electron chi connectivity index (χ1n) is 23.0. The molecule has 16 heteroatoms. The standard InChI is InChI=1S/C35H48N8O5.C7H15NO2.2C3H8/c1-23(2)8-13-30(44)38-20-31(45)39-25(4)34(47)37-15-6-5-7-17-43-32(46)18-24(3)33(41-43)26-9-11-29(12-10-26)40-35(48)42-21-27-14-16-36-19-28(27)22-42;1-4-8-10-7(2,3)5-6-9;2*1-3-2/h9-12,14,16,19,23-25H,5-8,13,15,17-18,20-22H2,1-4H3,(H,37,47)(H,38,44)(H,39,45)(H,40,48);4,9H,5-6H2,1-3H3;2*3H2,1-2H3/b;8-4-;;. The first kappa shape index (κ1) is 56.6. The summed E-state index contributed by atoms with van der Waals surface area (Å²) < 4.78 is 0. The molecule has 3 heterocycles. The molecule has 0 saturated heterocycles. The van der Waals surface area contributed by atoms with Crippen molar-refractivity contribution < 1.29 is 33.9 Å². The fraction of sp³-hybridized carbons (Fsp3) is 0.625. The Bertz CT molecular complexity index is 1740. The number of hydrogen-bond acceptors (Lipinski definition) is 10. The highest BCUT2D eigenvalue weighted by Crippen LogP contribution is 2.25. The number of nitrogens with one attached hydrogen (secondary N) is 4. The first-order chi connectivity index (χ1) is 30.4. The summed E-state index contributed by atoms with van der Waals surface area (Å²) in [7, 11) is 0. The van der Waals surface area contributed by atoms with Crippen LogP contribution < -0.4 is 21.3 Å². The van der Waals surface area contributed by atoms with Crippen molar-refractivity contribution in [3.05, 3.63) is 59.4 Å². The Morgan fingerprint density at radius 1 is 0.953 bits per heavy atom. The molecule has 2 aliphatic rings. The Kier molecular flexibility index (Phi) is 27.8. The third kappa shape index (κ3) is 22.8. The number of rotatable bonds is 19. The number of pyridine rings is 1. The van der Waals surface area contributed by atoms with Gasteiger partial charge in [-0.3, -0.25) is 24.2 Å². The smallest absolute Gasteiger partial charge is 0.322 e. The van der Waals surface area contributed by atoms with Gasteiger partial charge in [0.25, 0.3) is 0 Å². The minimum absolute atomic E-state index is 0.0223. The second-order valence-corrected chi connectivity index (χ2v) is 17.1. The van der Waals surface area contributed by atoms with Crippen molar-refractivity contribution in [2.75, 3.05) is 31.6 Å². The summed E-state index contributed by atoms with van der Waals surface area (Å²) in [5.41, 5.74) is 4.22. The van der Waals surface area contributed by atoms with Gasteiger partial charge in [-0.25, -0.2) is 9.80 Å². The summed E-state index contributed by atoms with van der Waals surface area (Å²) in [4.78, 5) is 72.7.